The zero-order valence-corrected chi connectivity index (χ0v) is 12.2. The summed E-state index contributed by atoms with van der Waals surface area (Å²) >= 11 is 0. The van der Waals surface area contributed by atoms with Gasteiger partial charge in [-0.2, -0.15) is 0 Å². The summed E-state index contributed by atoms with van der Waals surface area (Å²) < 4.78 is 0. The van der Waals surface area contributed by atoms with Crippen molar-refractivity contribution in [2.45, 2.75) is 83.3 Å². The van der Waals surface area contributed by atoms with Crippen molar-refractivity contribution in [3.05, 3.63) is 0 Å². The number of hydrogen-bond acceptors (Lipinski definition) is 2. The van der Waals surface area contributed by atoms with Gasteiger partial charge in [0.05, 0.1) is 0 Å². The second-order valence-electron chi connectivity index (χ2n) is 6.55. The van der Waals surface area contributed by atoms with Crippen LogP contribution in [0.15, 0.2) is 0 Å². The molecule has 0 radical (unpaired) electrons. The molecule has 2 aliphatic rings. The minimum absolute atomic E-state index is 0.373. The molecule has 1 aliphatic heterocycles. The van der Waals surface area contributed by atoms with Gasteiger partial charge in [0, 0.05) is 30.2 Å². The van der Waals surface area contributed by atoms with Gasteiger partial charge in [-0.3, -0.25) is 4.90 Å². The van der Waals surface area contributed by atoms with Crippen molar-refractivity contribution >= 4 is 0 Å². The van der Waals surface area contributed by atoms with E-state index in [0.29, 0.717) is 17.1 Å². The zero-order valence-electron chi connectivity index (χ0n) is 12.2. The van der Waals surface area contributed by atoms with Crippen LogP contribution >= 0.6 is 0 Å². The van der Waals surface area contributed by atoms with Crippen LogP contribution in [-0.4, -0.2) is 35.1 Å². The van der Waals surface area contributed by atoms with Crippen LogP contribution in [0.3, 0.4) is 0 Å². The van der Waals surface area contributed by atoms with E-state index in [1.54, 1.807) is 0 Å². The van der Waals surface area contributed by atoms with Crippen molar-refractivity contribution in [1.29, 1.82) is 0 Å². The van der Waals surface area contributed by atoms with Crippen LogP contribution < -0.4 is 5.32 Å². The van der Waals surface area contributed by atoms with Gasteiger partial charge in [-0.1, -0.05) is 26.7 Å². The fraction of sp³-hybridized carbons (Fsp3) is 1.00. The maximum atomic E-state index is 3.81. The summed E-state index contributed by atoms with van der Waals surface area (Å²) in [5, 5.41) is 3.81. The van der Waals surface area contributed by atoms with Gasteiger partial charge in [-0.15, -0.1) is 0 Å². The summed E-state index contributed by atoms with van der Waals surface area (Å²) in [6.45, 7) is 12.0. The average Bonchev–Trinajstić information content (AvgIpc) is 2.78. The van der Waals surface area contributed by atoms with E-state index >= 15 is 0 Å². The van der Waals surface area contributed by atoms with Crippen LogP contribution in [0.4, 0.5) is 0 Å². The van der Waals surface area contributed by atoms with Crippen LogP contribution in [0, 0.1) is 0 Å². The second kappa shape index (κ2) is 4.89. The molecule has 0 aromatic rings. The molecule has 1 heterocycles. The van der Waals surface area contributed by atoms with Gasteiger partial charge in [-0.05, 0) is 39.5 Å². The minimum Gasteiger partial charge on any atom is -0.308 e. The number of rotatable bonds is 3. The lowest BCUT2D eigenvalue weighted by molar-refractivity contribution is -0.00236. The van der Waals surface area contributed by atoms with Crippen molar-refractivity contribution in [3.63, 3.8) is 0 Å². The topological polar surface area (TPSA) is 15.3 Å². The van der Waals surface area contributed by atoms with Gasteiger partial charge < -0.3 is 5.32 Å². The number of nitrogens with one attached hydrogen (secondary N) is 1. The molecule has 1 saturated heterocycles. The fourth-order valence-electron chi connectivity index (χ4n) is 3.88. The van der Waals surface area contributed by atoms with Crippen molar-refractivity contribution in [1.82, 2.24) is 10.2 Å². The molecule has 1 aliphatic carbocycles. The van der Waals surface area contributed by atoms with E-state index in [4.69, 9.17) is 0 Å². The molecular formula is C15H30N2. The minimum atomic E-state index is 0.373. The molecule has 0 spiro atoms. The highest BCUT2D eigenvalue weighted by molar-refractivity contribution is 5.02. The molecule has 2 rings (SSSR count). The lowest BCUT2D eigenvalue weighted by Crippen LogP contribution is -2.67. The molecule has 1 atom stereocenters. The molecule has 17 heavy (non-hydrogen) atoms. The van der Waals surface area contributed by atoms with Crippen LogP contribution in [0.5, 0.6) is 0 Å². The lowest BCUT2D eigenvalue weighted by atomic mass is 9.84. The Morgan fingerprint density at radius 3 is 2.29 bits per heavy atom. The van der Waals surface area contributed by atoms with Crippen molar-refractivity contribution in [3.8, 4) is 0 Å². The van der Waals surface area contributed by atoms with E-state index in [-0.39, 0.29) is 0 Å². The third kappa shape index (κ3) is 2.39. The maximum absolute atomic E-state index is 3.81. The normalized spacial score (nSPS) is 32.8. The van der Waals surface area contributed by atoms with Crippen LogP contribution in [0.2, 0.25) is 0 Å². The van der Waals surface area contributed by atoms with Crippen LogP contribution in [0.25, 0.3) is 0 Å². The smallest absolute Gasteiger partial charge is 0.0304 e. The molecule has 100 valence electrons. The second-order valence-corrected chi connectivity index (χ2v) is 6.55. The third-order valence-corrected chi connectivity index (χ3v) is 5.51. The molecule has 1 saturated carbocycles. The standard InChI is InChI=1S/C15H30N2/c1-5-15(6-2)12-17(13(3)11-16-15)14(4)9-7-8-10-14/h13,16H,5-12H2,1-4H3. The zero-order chi connectivity index (χ0) is 12.5. The first kappa shape index (κ1) is 13.4. The maximum Gasteiger partial charge on any atom is 0.0304 e. The molecule has 1 N–H and O–H groups in total. The largest absolute Gasteiger partial charge is 0.308 e. The van der Waals surface area contributed by atoms with Gasteiger partial charge in [0.15, 0.2) is 0 Å². The first-order valence-corrected chi connectivity index (χ1v) is 7.57. The van der Waals surface area contributed by atoms with Crippen molar-refractivity contribution < 1.29 is 0 Å². The van der Waals surface area contributed by atoms with Gasteiger partial charge in [0.1, 0.15) is 0 Å². The molecule has 2 fully saturated rings. The van der Waals surface area contributed by atoms with Gasteiger partial charge in [0.2, 0.25) is 0 Å². The van der Waals surface area contributed by atoms with E-state index in [1.165, 1.54) is 45.1 Å². The molecule has 0 bridgehead atoms. The molecule has 0 amide bonds. The summed E-state index contributed by atoms with van der Waals surface area (Å²) in [5.74, 6) is 0. The Kier molecular flexibility index (Phi) is 3.84. The Morgan fingerprint density at radius 2 is 1.76 bits per heavy atom. The summed E-state index contributed by atoms with van der Waals surface area (Å²) in [7, 11) is 0. The Balaban J connectivity index is 2.14. The summed E-state index contributed by atoms with van der Waals surface area (Å²) in [6, 6.07) is 0.698. The molecule has 2 nitrogen and oxygen atoms in total. The molecule has 2 heteroatoms. The molecule has 0 aromatic heterocycles. The van der Waals surface area contributed by atoms with E-state index in [9.17, 15) is 0 Å². The van der Waals surface area contributed by atoms with Gasteiger partial charge >= 0.3 is 0 Å². The molecule has 1 unspecified atom stereocenters. The fourth-order valence-corrected chi connectivity index (χ4v) is 3.88. The Bertz CT molecular complexity index is 252. The van der Waals surface area contributed by atoms with Crippen molar-refractivity contribution in [2.24, 2.45) is 0 Å². The summed E-state index contributed by atoms with van der Waals surface area (Å²) in [5.41, 5.74) is 0.856. The number of hydrogen-bond donors (Lipinski definition) is 1. The first-order valence-electron chi connectivity index (χ1n) is 7.57. The Labute approximate surface area is 107 Å². The molecule has 0 aromatic carbocycles. The van der Waals surface area contributed by atoms with E-state index < -0.39 is 0 Å². The van der Waals surface area contributed by atoms with Gasteiger partial charge in [0.25, 0.3) is 0 Å². The number of piperazine rings is 1. The monoisotopic (exact) mass is 238 g/mol. The Hall–Kier alpha value is -0.0800. The van der Waals surface area contributed by atoms with Crippen LogP contribution in [0.1, 0.15) is 66.2 Å². The van der Waals surface area contributed by atoms with E-state index in [2.05, 4.69) is 37.9 Å². The highest BCUT2D eigenvalue weighted by Crippen LogP contribution is 2.38. The summed E-state index contributed by atoms with van der Waals surface area (Å²) in [6.07, 6.45) is 8.17. The van der Waals surface area contributed by atoms with E-state index in [0.717, 1.165) is 6.54 Å². The lowest BCUT2D eigenvalue weighted by Gasteiger charge is -2.53. The highest BCUT2D eigenvalue weighted by Gasteiger charge is 2.44. The van der Waals surface area contributed by atoms with E-state index in [1.807, 2.05) is 0 Å². The predicted molar refractivity (Wildman–Crippen MR) is 74.4 cm³/mol. The predicted octanol–water partition coefficient (Wildman–Crippen LogP) is 3.17. The van der Waals surface area contributed by atoms with Crippen LogP contribution in [-0.2, 0) is 0 Å². The Morgan fingerprint density at radius 1 is 1.18 bits per heavy atom. The first-order chi connectivity index (χ1) is 8.05. The SMILES string of the molecule is CCC1(CC)CN(C2(C)CCCC2)C(C)CN1. The average molecular weight is 238 g/mol. The summed E-state index contributed by atoms with van der Waals surface area (Å²) in [4.78, 5) is 2.82. The highest BCUT2D eigenvalue weighted by atomic mass is 15.3. The third-order valence-electron chi connectivity index (χ3n) is 5.51. The van der Waals surface area contributed by atoms with Crippen molar-refractivity contribution in [2.75, 3.05) is 13.1 Å². The number of nitrogens with zero attached hydrogens (tertiary/aromatic N) is 1. The quantitative estimate of drug-likeness (QED) is 0.812. The van der Waals surface area contributed by atoms with Gasteiger partial charge in [-0.25, -0.2) is 0 Å². The molecular weight excluding hydrogens is 208 g/mol.